The van der Waals surface area contributed by atoms with Crippen molar-refractivity contribution in [2.45, 2.75) is 19.3 Å². The Morgan fingerprint density at radius 1 is 1.10 bits per heavy atom. The molecular formula is C21H20N2O5S. The number of ether oxygens (including phenoxy) is 3. The Balaban J connectivity index is 1.35. The summed E-state index contributed by atoms with van der Waals surface area (Å²) in [6, 6.07) is 10.7. The number of rotatable bonds is 6. The molecule has 0 saturated heterocycles. The molecule has 0 fully saturated rings. The first-order chi connectivity index (χ1) is 14.1. The number of carbonyl (C=O) groups is 2. The molecule has 1 N–H and O–H groups in total. The molecule has 0 saturated carbocycles. The van der Waals surface area contributed by atoms with Crippen molar-refractivity contribution < 1.29 is 23.8 Å². The topological polar surface area (TPSA) is 86.8 Å². The molecule has 4 rings (SSSR count). The van der Waals surface area contributed by atoms with Crippen molar-refractivity contribution in [1.29, 1.82) is 0 Å². The molecule has 150 valence electrons. The van der Waals surface area contributed by atoms with Gasteiger partial charge in [0, 0.05) is 24.8 Å². The SMILES string of the molecule is COc1ccc2nc(NC(=O)CCC(=O)c3ccc4c(c3)OCCCO4)sc2c1. The van der Waals surface area contributed by atoms with Gasteiger partial charge in [-0.2, -0.15) is 0 Å². The van der Waals surface area contributed by atoms with Crippen LogP contribution in [0.15, 0.2) is 36.4 Å². The van der Waals surface area contributed by atoms with Crippen LogP contribution in [0.4, 0.5) is 5.13 Å². The van der Waals surface area contributed by atoms with Gasteiger partial charge in [0.25, 0.3) is 0 Å². The minimum atomic E-state index is -0.251. The molecular weight excluding hydrogens is 392 g/mol. The summed E-state index contributed by atoms with van der Waals surface area (Å²) in [7, 11) is 1.60. The summed E-state index contributed by atoms with van der Waals surface area (Å²) in [6.45, 7) is 1.15. The van der Waals surface area contributed by atoms with Gasteiger partial charge in [-0.05, 0) is 36.4 Å². The monoisotopic (exact) mass is 412 g/mol. The van der Waals surface area contributed by atoms with Crippen molar-refractivity contribution in [2.24, 2.45) is 0 Å². The summed E-state index contributed by atoms with van der Waals surface area (Å²) in [5, 5.41) is 3.27. The van der Waals surface area contributed by atoms with Crippen LogP contribution >= 0.6 is 11.3 Å². The fourth-order valence-corrected chi connectivity index (χ4v) is 3.89. The van der Waals surface area contributed by atoms with Crippen molar-refractivity contribution >= 4 is 38.4 Å². The Hall–Kier alpha value is -3.13. The van der Waals surface area contributed by atoms with E-state index in [0.29, 0.717) is 35.4 Å². The second-order valence-corrected chi connectivity index (χ2v) is 7.57. The van der Waals surface area contributed by atoms with E-state index in [1.807, 2.05) is 18.2 Å². The van der Waals surface area contributed by atoms with Gasteiger partial charge in [-0.15, -0.1) is 0 Å². The lowest BCUT2D eigenvalue weighted by Gasteiger charge is -2.08. The van der Waals surface area contributed by atoms with Crippen LogP contribution in [-0.4, -0.2) is 37.0 Å². The van der Waals surface area contributed by atoms with Gasteiger partial charge < -0.3 is 19.5 Å². The highest BCUT2D eigenvalue weighted by molar-refractivity contribution is 7.22. The van der Waals surface area contributed by atoms with Crippen LogP contribution in [0.1, 0.15) is 29.6 Å². The first-order valence-corrected chi connectivity index (χ1v) is 10.1. The van der Waals surface area contributed by atoms with E-state index in [0.717, 1.165) is 22.4 Å². The number of anilines is 1. The average Bonchev–Trinajstić information content (AvgIpc) is 2.97. The Bertz CT molecular complexity index is 1060. The predicted octanol–water partition coefficient (Wildman–Crippen LogP) is 4.07. The molecule has 0 atom stereocenters. The smallest absolute Gasteiger partial charge is 0.226 e. The lowest BCUT2D eigenvalue weighted by molar-refractivity contribution is -0.116. The highest BCUT2D eigenvalue weighted by atomic mass is 32.1. The lowest BCUT2D eigenvalue weighted by Crippen LogP contribution is -2.13. The molecule has 1 amide bonds. The Kier molecular flexibility index (Phi) is 5.62. The van der Waals surface area contributed by atoms with E-state index in [1.54, 1.807) is 25.3 Å². The van der Waals surface area contributed by atoms with Gasteiger partial charge in [-0.25, -0.2) is 4.98 Å². The van der Waals surface area contributed by atoms with E-state index in [1.165, 1.54) is 11.3 Å². The molecule has 29 heavy (non-hydrogen) atoms. The van der Waals surface area contributed by atoms with Crippen molar-refractivity contribution in [3.05, 3.63) is 42.0 Å². The van der Waals surface area contributed by atoms with Gasteiger partial charge in [0.1, 0.15) is 5.75 Å². The third-order valence-electron chi connectivity index (χ3n) is 4.49. The second kappa shape index (κ2) is 8.48. The number of nitrogens with one attached hydrogen (secondary N) is 1. The number of aromatic nitrogens is 1. The highest BCUT2D eigenvalue weighted by Gasteiger charge is 2.16. The number of hydrogen-bond acceptors (Lipinski definition) is 7. The molecule has 0 bridgehead atoms. The first-order valence-electron chi connectivity index (χ1n) is 9.29. The summed E-state index contributed by atoms with van der Waals surface area (Å²) in [5.74, 6) is 1.58. The van der Waals surface area contributed by atoms with Gasteiger partial charge in [0.2, 0.25) is 5.91 Å². The minimum Gasteiger partial charge on any atom is -0.497 e. The average molecular weight is 412 g/mol. The number of hydrogen-bond donors (Lipinski definition) is 1. The number of fused-ring (bicyclic) bond motifs is 2. The molecule has 7 nitrogen and oxygen atoms in total. The Labute approximate surface area is 171 Å². The standard InChI is InChI=1S/C21H20N2O5S/c1-26-14-4-5-15-19(12-14)29-21(22-15)23-20(25)8-6-16(24)13-3-7-17-18(11-13)28-10-2-9-27-17/h3-5,7,11-12H,2,6,8-10H2,1H3,(H,22,23,25). The van der Waals surface area contributed by atoms with E-state index in [-0.39, 0.29) is 24.5 Å². The maximum atomic E-state index is 12.5. The van der Waals surface area contributed by atoms with E-state index in [2.05, 4.69) is 10.3 Å². The van der Waals surface area contributed by atoms with Crippen LogP contribution in [0.5, 0.6) is 17.2 Å². The number of carbonyl (C=O) groups excluding carboxylic acids is 2. The minimum absolute atomic E-state index is 0.0759. The summed E-state index contributed by atoms with van der Waals surface area (Å²) < 4.78 is 17.3. The van der Waals surface area contributed by atoms with Gasteiger partial charge >= 0.3 is 0 Å². The maximum absolute atomic E-state index is 12.5. The van der Waals surface area contributed by atoms with Gasteiger partial charge in [-0.3, -0.25) is 9.59 Å². The number of amides is 1. The second-order valence-electron chi connectivity index (χ2n) is 6.54. The van der Waals surface area contributed by atoms with Crippen molar-refractivity contribution in [1.82, 2.24) is 4.98 Å². The van der Waals surface area contributed by atoms with Crippen LogP contribution in [-0.2, 0) is 4.79 Å². The lowest BCUT2D eigenvalue weighted by atomic mass is 10.1. The number of thiazole rings is 1. The molecule has 0 spiro atoms. The summed E-state index contributed by atoms with van der Waals surface area (Å²) in [4.78, 5) is 29.1. The highest BCUT2D eigenvalue weighted by Crippen LogP contribution is 2.31. The van der Waals surface area contributed by atoms with Crippen LogP contribution in [0, 0.1) is 0 Å². The third kappa shape index (κ3) is 4.48. The summed E-state index contributed by atoms with van der Waals surface area (Å²) in [5.41, 5.74) is 1.29. The number of nitrogens with zero attached hydrogens (tertiary/aromatic N) is 1. The molecule has 1 aromatic heterocycles. The fraction of sp³-hybridized carbons (Fsp3) is 0.286. The fourth-order valence-electron chi connectivity index (χ4n) is 2.98. The molecule has 2 heterocycles. The van der Waals surface area contributed by atoms with E-state index < -0.39 is 0 Å². The van der Waals surface area contributed by atoms with Crippen molar-refractivity contribution in [3.63, 3.8) is 0 Å². The van der Waals surface area contributed by atoms with Crippen molar-refractivity contribution in [3.8, 4) is 17.2 Å². The van der Waals surface area contributed by atoms with Gasteiger partial charge in [-0.1, -0.05) is 11.3 Å². The zero-order chi connectivity index (χ0) is 20.2. The molecule has 1 aliphatic rings. The van der Waals surface area contributed by atoms with Crippen LogP contribution < -0.4 is 19.5 Å². The van der Waals surface area contributed by atoms with Crippen LogP contribution in [0.25, 0.3) is 10.2 Å². The number of Topliss-reactive ketones (excluding diaryl/α,β-unsaturated/α-hetero) is 1. The number of methoxy groups -OCH3 is 1. The van der Waals surface area contributed by atoms with Crippen LogP contribution in [0.2, 0.25) is 0 Å². The van der Waals surface area contributed by atoms with E-state index >= 15 is 0 Å². The van der Waals surface area contributed by atoms with Crippen LogP contribution in [0.3, 0.4) is 0 Å². The van der Waals surface area contributed by atoms with Gasteiger partial charge in [0.05, 0.1) is 30.5 Å². The number of ketones is 1. The van der Waals surface area contributed by atoms with Crippen molar-refractivity contribution in [2.75, 3.05) is 25.6 Å². The molecule has 2 aromatic carbocycles. The third-order valence-corrected chi connectivity index (χ3v) is 5.42. The normalized spacial score (nSPS) is 13.0. The Morgan fingerprint density at radius 3 is 2.76 bits per heavy atom. The molecule has 0 radical (unpaired) electrons. The largest absolute Gasteiger partial charge is 0.497 e. The van der Waals surface area contributed by atoms with Gasteiger partial charge in [0.15, 0.2) is 22.4 Å². The summed E-state index contributed by atoms with van der Waals surface area (Å²) in [6.07, 6.45) is 0.980. The molecule has 0 unspecified atom stereocenters. The Morgan fingerprint density at radius 2 is 1.93 bits per heavy atom. The predicted molar refractivity (Wildman–Crippen MR) is 110 cm³/mol. The maximum Gasteiger partial charge on any atom is 0.226 e. The molecule has 3 aromatic rings. The number of benzene rings is 2. The first kappa shape index (κ1) is 19.2. The van der Waals surface area contributed by atoms with E-state index in [9.17, 15) is 9.59 Å². The molecule has 1 aliphatic heterocycles. The summed E-state index contributed by atoms with van der Waals surface area (Å²) >= 11 is 1.36. The molecule has 0 aliphatic carbocycles. The quantitative estimate of drug-likeness (QED) is 0.614. The van der Waals surface area contributed by atoms with E-state index in [4.69, 9.17) is 14.2 Å². The zero-order valence-corrected chi connectivity index (χ0v) is 16.7. The zero-order valence-electron chi connectivity index (χ0n) is 15.9. The molecule has 8 heteroatoms.